The highest BCUT2D eigenvalue weighted by molar-refractivity contribution is 9.10. The van der Waals surface area contributed by atoms with Gasteiger partial charge in [0.2, 0.25) is 0 Å². The van der Waals surface area contributed by atoms with E-state index in [4.69, 9.17) is 0 Å². The second kappa shape index (κ2) is 4.87. The van der Waals surface area contributed by atoms with Crippen LogP contribution in [0, 0.1) is 0 Å². The molecule has 0 radical (unpaired) electrons. The van der Waals surface area contributed by atoms with Crippen molar-refractivity contribution in [3.05, 3.63) is 46.0 Å². The normalized spacial score (nSPS) is 12.3. The molecule has 1 aromatic rings. The van der Waals surface area contributed by atoms with Crippen LogP contribution in [-0.4, -0.2) is 0 Å². The summed E-state index contributed by atoms with van der Waals surface area (Å²) in [6, 6.07) is 8.23. The van der Waals surface area contributed by atoms with Crippen LogP contribution in [0.2, 0.25) is 0 Å². The van der Waals surface area contributed by atoms with Crippen LogP contribution in [-0.2, 0) is 0 Å². The number of rotatable bonds is 2. The average Bonchev–Trinajstić information content (AvgIpc) is 2.03. The summed E-state index contributed by atoms with van der Waals surface area (Å²) in [6.45, 7) is 4.17. The third-order valence-electron chi connectivity index (χ3n) is 1.68. The molecule has 0 saturated heterocycles. The molecule has 1 aromatic carbocycles. The van der Waals surface area contributed by atoms with Gasteiger partial charge in [-0.1, -0.05) is 39.7 Å². The Bertz CT molecular complexity index is 314. The first-order valence-electron chi connectivity index (χ1n) is 4.18. The summed E-state index contributed by atoms with van der Waals surface area (Å²) in [7, 11) is 0. The molecule has 0 aliphatic rings. The number of hydrogen-bond acceptors (Lipinski definition) is 1. The van der Waals surface area contributed by atoms with Crippen molar-refractivity contribution < 1.29 is 0 Å². The predicted octanol–water partition coefficient (Wildman–Crippen LogP) is 4.39. The van der Waals surface area contributed by atoms with Crippen molar-refractivity contribution in [2.75, 3.05) is 0 Å². The molecule has 0 aliphatic heterocycles. The lowest BCUT2D eigenvalue weighted by molar-refractivity contribution is 1.19. The van der Waals surface area contributed by atoms with Gasteiger partial charge in [-0.2, -0.15) is 12.6 Å². The molecule has 1 unspecified atom stereocenters. The number of allylic oxidation sites excluding steroid dienone is 1. The molecule has 0 aliphatic carbocycles. The third-order valence-corrected chi connectivity index (χ3v) is 2.62. The van der Waals surface area contributed by atoms with Crippen molar-refractivity contribution in [1.82, 2.24) is 0 Å². The summed E-state index contributed by atoms with van der Waals surface area (Å²) < 4.78 is 1.10. The predicted molar refractivity (Wildman–Crippen MR) is 65.3 cm³/mol. The van der Waals surface area contributed by atoms with Crippen LogP contribution in [0.25, 0.3) is 0 Å². The number of hydrogen-bond donors (Lipinski definition) is 1. The maximum Gasteiger partial charge on any atom is 0.0449 e. The van der Waals surface area contributed by atoms with Gasteiger partial charge in [-0.05, 0) is 31.5 Å². The minimum atomic E-state index is 0.197. The molecule has 0 heterocycles. The molecular formula is C11H13BrS. The molecule has 70 valence electrons. The van der Waals surface area contributed by atoms with Crippen LogP contribution in [0.5, 0.6) is 0 Å². The summed E-state index contributed by atoms with van der Waals surface area (Å²) in [5.41, 5.74) is 2.51. The Hall–Kier alpha value is -0.210. The quantitative estimate of drug-likeness (QED) is 0.589. The van der Waals surface area contributed by atoms with Crippen molar-refractivity contribution in [3.63, 3.8) is 0 Å². The molecule has 2 heteroatoms. The zero-order valence-electron chi connectivity index (χ0n) is 7.79. The molecule has 0 aromatic heterocycles. The lowest BCUT2D eigenvalue weighted by Crippen LogP contribution is -1.86. The molecule has 0 bridgehead atoms. The van der Waals surface area contributed by atoms with E-state index in [0.29, 0.717) is 0 Å². The largest absolute Gasteiger partial charge is 0.167 e. The second-order valence-corrected chi connectivity index (χ2v) is 4.72. The molecule has 1 rings (SSSR count). The lowest BCUT2D eigenvalue weighted by atomic mass is 10.1. The molecule has 0 saturated carbocycles. The molecule has 0 amide bonds. The van der Waals surface area contributed by atoms with Crippen molar-refractivity contribution >= 4 is 28.6 Å². The fourth-order valence-electron chi connectivity index (χ4n) is 1.10. The molecule has 0 spiro atoms. The van der Waals surface area contributed by atoms with E-state index in [9.17, 15) is 0 Å². The van der Waals surface area contributed by atoms with Gasteiger partial charge in [0.05, 0.1) is 0 Å². The Kier molecular flexibility index (Phi) is 4.07. The zero-order chi connectivity index (χ0) is 9.84. The summed E-state index contributed by atoms with van der Waals surface area (Å²) >= 11 is 7.95. The fraction of sp³-hybridized carbons (Fsp3) is 0.273. The number of halogens is 1. The van der Waals surface area contributed by atoms with E-state index < -0.39 is 0 Å². The smallest absolute Gasteiger partial charge is 0.0449 e. The number of thiol groups is 1. The van der Waals surface area contributed by atoms with Crippen LogP contribution in [0.1, 0.15) is 24.7 Å². The van der Waals surface area contributed by atoms with E-state index >= 15 is 0 Å². The van der Waals surface area contributed by atoms with Crippen LogP contribution in [0.3, 0.4) is 0 Å². The van der Waals surface area contributed by atoms with Gasteiger partial charge in [0.15, 0.2) is 0 Å². The standard InChI is InChI=1S/C11H13BrS/c1-8(2)6-11(13)9-4-3-5-10(12)7-9/h3-7,11,13H,1-2H3. The molecule has 13 heavy (non-hydrogen) atoms. The van der Waals surface area contributed by atoms with Gasteiger partial charge in [-0.3, -0.25) is 0 Å². The highest BCUT2D eigenvalue weighted by Crippen LogP contribution is 2.25. The second-order valence-electron chi connectivity index (χ2n) is 3.24. The molecule has 0 nitrogen and oxygen atoms in total. The Balaban J connectivity index is 2.89. The van der Waals surface area contributed by atoms with Gasteiger partial charge in [0, 0.05) is 9.72 Å². The first kappa shape index (κ1) is 10.9. The van der Waals surface area contributed by atoms with Crippen LogP contribution in [0.4, 0.5) is 0 Å². The van der Waals surface area contributed by atoms with Crippen molar-refractivity contribution in [3.8, 4) is 0 Å². The van der Waals surface area contributed by atoms with Crippen LogP contribution in [0.15, 0.2) is 40.4 Å². The lowest BCUT2D eigenvalue weighted by Gasteiger charge is -2.06. The minimum Gasteiger partial charge on any atom is -0.167 e. The Morgan fingerprint density at radius 3 is 2.69 bits per heavy atom. The molecular weight excluding hydrogens is 244 g/mol. The van der Waals surface area contributed by atoms with Gasteiger partial charge in [-0.25, -0.2) is 0 Å². The van der Waals surface area contributed by atoms with Gasteiger partial charge in [0.25, 0.3) is 0 Å². The fourth-order valence-corrected chi connectivity index (χ4v) is 1.98. The Labute approximate surface area is 93.6 Å². The highest BCUT2D eigenvalue weighted by atomic mass is 79.9. The van der Waals surface area contributed by atoms with Crippen LogP contribution < -0.4 is 0 Å². The van der Waals surface area contributed by atoms with E-state index in [-0.39, 0.29) is 5.25 Å². The SMILES string of the molecule is CC(C)=CC(S)c1cccc(Br)c1. The Morgan fingerprint density at radius 1 is 1.46 bits per heavy atom. The topological polar surface area (TPSA) is 0 Å². The summed E-state index contributed by atoms with van der Waals surface area (Å²) in [6.07, 6.45) is 2.14. The van der Waals surface area contributed by atoms with Gasteiger partial charge < -0.3 is 0 Å². The maximum atomic E-state index is 4.51. The first-order chi connectivity index (χ1) is 6.09. The van der Waals surface area contributed by atoms with E-state index in [1.807, 2.05) is 12.1 Å². The van der Waals surface area contributed by atoms with Crippen molar-refractivity contribution in [2.24, 2.45) is 0 Å². The first-order valence-corrected chi connectivity index (χ1v) is 5.49. The minimum absolute atomic E-state index is 0.197. The average molecular weight is 257 g/mol. The van der Waals surface area contributed by atoms with Crippen LogP contribution >= 0.6 is 28.6 Å². The third kappa shape index (κ3) is 3.57. The van der Waals surface area contributed by atoms with E-state index in [1.54, 1.807) is 0 Å². The van der Waals surface area contributed by atoms with Gasteiger partial charge in [-0.15, -0.1) is 0 Å². The van der Waals surface area contributed by atoms with Crippen molar-refractivity contribution in [1.29, 1.82) is 0 Å². The summed E-state index contributed by atoms with van der Waals surface area (Å²) in [4.78, 5) is 0. The number of benzene rings is 1. The molecule has 1 atom stereocenters. The summed E-state index contributed by atoms with van der Waals surface area (Å²) in [5, 5.41) is 0.197. The van der Waals surface area contributed by atoms with E-state index in [1.165, 1.54) is 11.1 Å². The van der Waals surface area contributed by atoms with Gasteiger partial charge in [0.1, 0.15) is 0 Å². The molecule has 0 fully saturated rings. The maximum absolute atomic E-state index is 4.51. The summed E-state index contributed by atoms with van der Waals surface area (Å²) in [5.74, 6) is 0. The van der Waals surface area contributed by atoms with E-state index in [0.717, 1.165) is 4.47 Å². The molecule has 0 N–H and O–H groups in total. The Morgan fingerprint density at radius 2 is 2.15 bits per heavy atom. The van der Waals surface area contributed by atoms with Gasteiger partial charge >= 0.3 is 0 Å². The zero-order valence-corrected chi connectivity index (χ0v) is 10.3. The van der Waals surface area contributed by atoms with E-state index in [2.05, 4.69) is 60.6 Å². The van der Waals surface area contributed by atoms with Crippen molar-refractivity contribution in [2.45, 2.75) is 19.1 Å². The highest BCUT2D eigenvalue weighted by Gasteiger charge is 2.02. The monoisotopic (exact) mass is 256 g/mol.